The molecule has 0 bridgehead atoms. The third-order valence-corrected chi connectivity index (χ3v) is 4.60. The lowest BCUT2D eigenvalue weighted by Crippen LogP contribution is -2.15. The maximum Gasteiger partial charge on any atom is 0.119 e. The van der Waals surface area contributed by atoms with Crippen LogP contribution in [0.15, 0.2) is 84.9 Å². The molecule has 1 heteroatoms. The summed E-state index contributed by atoms with van der Waals surface area (Å²) < 4.78 is 0. The van der Waals surface area contributed by atoms with Crippen LogP contribution in [0.2, 0.25) is 0 Å². The molecule has 112 valence electrons. The van der Waals surface area contributed by atoms with Gasteiger partial charge < -0.3 is 5.11 Å². The molecule has 0 aliphatic heterocycles. The second-order valence-electron chi connectivity index (χ2n) is 5.94. The summed E-state index contributed by atoms with van der Waals surface area (Å²) >= 11 is 0. The Kier molecular flexibility index (Phi) is 3.47. The summed E-state index contributed by atoms with van der Waals surface area (Å²) in [6.45, 7) is 0. The Bertz CT molecular complexity index is 847. The van der Waals surface area contributed by atoms with E-state index in [1.54, 1.807) is 6.07 Å². The van der Waals surface area contributed by atoms with Gasteiger partial charge in [0.2, 0.25) is 0 Å². The van der Waals surface area contributed by atoms with Crippen LogP contribution < -0.4 is 0 Å². The van der Waals surface area contributed by atoms with Crippen molar-refractivity contribution >= 4 is 11.1 Å². The standard InChI is InChI=1S/C22H18O/c23-21-14-8-7-13-18(21)20-15-19(16-9-3-1-4-10-16)22(20)17-11-5-2-6-12-17/h1-14,20,23H,15H2. The molecule has 0 amide bonds. The summed E-state index contributed by atoms with van der Waals surface area (Å²) in [6, 6.07) is 28.7. The van der Waals surface area contributed by atoms with Crippen molar-refractivity contribution in [2.75, 3.05) is 0 Å². The normalized spacial score (nSPS) is 17.0. The second kappa shape index (κ2) is 5.77. The van der Waals surface area contributed by atoms with Gasteiger partial charge in [0, 0.05) is 11.5 Å². The van der Waals surface area contributed by atoms with Gasteiger partial charge in [-0.1, -0.05) is 78.9 Å². The Morgan fingerprint density at radius 2 is 1.22 bits per heavy atom. The van der Waals surface area contributed by atoms with Gasteiger partial charge in [-0.2, -0.15) is 0 Å². The molecule has 0 fully saturated rings. The molecule has 1 unspecified atom stereocenters. The van der Waals surface area contributed by atoms with Crippen molar-refractivity contribution in [3.8, 4) is 5.75 Å². The fraction of sp³-hybridized carbons (Fsp3) is 0.0909. The zero-order valence-corrected chi connectivity index (χ0v) is 12.8. The van der Waals surface area contributed by atoms with Gasteiger partial charge in [0.1, 0.15) is 5.75 Å². The van der Waals surface area contributed by atoms with Gasteiger partial charge in [-0.15, -0.1) is 0 Å². The molecule has 3 aromatic rings. The van der Waals surface area contributed by atoms with E-state index < -0.39 is 0 Å². The predicted octanol–water partition coefficient (Wildman–Crippen LogP) is 5.49. The minimum absolute atomic E-state index is 0.258. The van der Waals surface area contributed by atoms with Crippen molar-refractivity contribution < 1.29 is 5.11 Å². The van der Waals surface area contributed by atoms with Crippen LogP contribution in [0.1, 0.15) is 29.0 Å². The molecule has 1 atom stereocenters. The average Bonchev–Trinajstić information content (AvgIpc) is 2.58. The first-order chi connectivity index (χ1) is 11.3. The van der Waals surface area contributed by atoms with Crippen LogP contribution in [0.4, 0.5) is 0 Å². The predicted molar refractivity (Wildman–Crippen MR) is 95.2 cm³/mol. The molecule has 0 saturated carbocycles. The van der Waals surface area contributed by atoms with Crippen molar-refractivity contribution in [2.45, 2.75) is 12.3 Å². The first kappa shape index (κ1) is 13.8. The van der Waals surface area contributed by atoms with Crippen LogP contribution in [-0.2, 0) is 0 Å². The number of benzene rings is 3. The quantitative estimate of drug-likeness (QED) is 0.678. The molecule has 4 rings (SSSR count). The monoisotopic (exact) mass is 298 g/mol. The van der Waals surface area contributed by atoms with E-state index in [4.69, 9.17) is 0 Å². The van der Waals surface area contributed by atoms with E-state index in [0.29, 0.717) is 5.75 Å². The molecule has 3 aromatic carbocycles. The SMILES string of the molecule is Oc1ccccc1C1CC(c2ccccc2)=C1c1ccccc1. The molecule has 0 saturated heterocycles. The lowest BCUT2D eigenvalue weighted by Gasteiger charge is -2.35. The lowest BCUT2D eigenvalue weighted by molar-refractivity contribution is 0.465. The van der Waals surface area contributed by atoms with Gasteiger partial charge in [0.25, 0.3) is 0 Å². The molecule has 23 heavy (non-hydrogen) atoms. The molecule has 1 nitrogen and oxygen atoms in total. The largest absolute Gasteiger partial charge is 0.508 e. The summed E-state index contributed by atoms with van der Waals surface area (Å²) in [4.78, 5) is 0. The highest BCUT2D eigenvalue weighted by atomic mass is 16.3. The summed E-state index contributed by atoms with van der Waals surface area (Å²) in [7, 11) is 0. The smallest absolute Gasteiger partial charge is 0.119 e. The van der Waals surface area contributed by atoms with Crippen LogP contribution >= 0.6 is 0 Å². The van der Waals surface area contributed by atoms with Gasteiger partial charge in [0.15, 0.2) is 0 Å². The maximum atomic E-state index is 10.2. The maximum absolute atomic E-state index is 10.2. The van der Waals surface area contributed by atoms with Gasteiger partial charge in [-0.25, -0.2) is 0 Å². The summed E-state index contributed by atoms with van der Waals surface area (Å²) in [5.74, 6) is 0.645. The Morgan fingerprint density at radius 3 is 1.87 bits per heavy atom. The number of para-hydroxylation sites is 1. The summed E-state index contributed by atoms with van der Waals surface area (Å²) in [6.07, 6.45) is 0.964. The average molecular weight is 298 g/mol. The van der Waals surface area contributed by atoms with Crippen LogP contribution in [-0.4, -0.2) is 5.11 Å². The van der Waals surface area contributed by atoms with Crippen molar-refractivity contribution in [1.82, 2.24) is 0 Å². The number of rotatable bonds is 3. The fourth-order valence-electron chi connectivity index (χ4n) is 3.45. The molecular weight excluding hydrogens is 280 g/mol. The van der Waals surface area contributed by atoms with Gasteiger partial charge >= 0.3 is 0 Å². The molecule has 1 aliphatic rings. The topological polar surface area (TPSA) is 20.2 Å². The Balaban J connectivity index is 1.85. The highest BCUT2D eigenvalue weighted by Crippen LogP contribution is 2.53. The van der Waals surface area contributed by atoms with Crippen molar-refractivity contribution in [2.24, 2.45) is 0 Å². The van der Waals surface area contributed by atoms with Gasteiger partial charge in [0.05, 0.1) is 0 Å². The summed E-state index contributed by atoms with van der Waals surface area (Å²) in [5, 5.41) is 10.2. The molecule has 1 N–H and O–H groups in total. The third kappa shape index (κ3) is 2.44. The fourth-order valence-corrected chi connectivity index (χ4v) is 3.45. The first-order valence-electron chi connectivity index (χ1n) is 7.96. The van der Waals surface area contributed by atoms with Crippen molar-refractivity contribution in [1.29, 1.82) is 0 Å². The Labute approximate surface area is 136 Å². The number of aromatic hydroxyl groups is 1. The Hall–Kier alpha value is -2.80. The lowest BCUT2D eigenvalue weighted by atomic mass is 9.68. The number of hydrogen-bond acceptors (Lipinski definition) is 1. The minimum Gasteiger partial charge on any atom is -0.508 e. The van der Waals surface area contributed by atoms with Gasteiger partial charge in [-0.3, -0.25) is 0 Å². The zero-order valence-electron chi connectivity index (χ0n) is 12.8. The molecular formula is C22H18O. The van der Waals surface area contributed by atoms with Crippen LogP contribution in [0, 0.1) is 0 Å². The minimum atomic E-state index is 0.258. The number of hydrogen-bond donors (Lipinski definition) is 1. The van der Waals surface area contributed by atoms with Crippen LogP contribution in [0.5, 0.6) is 5.75 Å². The van der Waals surface area contributed by atoms with E-state index >= 15 is 0 Å². The van der Waals surface area contributed by atoms with E-state index in [9.17, 15) is 5.11 Å². The number of allylic oxidation sites excluding steroid dienone is 2. The highest BCUT2D eigenvalue weighted by Gasteiger charge is 2.33. The van der Waals surface area contributed by atoms with Crippen LogP contribution in [0.3, 0.4) is 0 Å². The van der Waals surface area contributed by atoms with E-state index in [2.05, 4.69) is 48.5 Å². The zero-order chi connectivity index (χ0) is 15.6. The highest BCUT2D eigenvalue weighted by molar-refractivity contribution is 6.01. The molecule has 0 spiro atoms. The van der Waals surface area contributed by atoms with Gasteiger partial charge in [-0.05, 0) is 34.8 Å². The third-order valence-electron chi connectivity index (χ3n) is 4.60. The van der Waals surface area contributed by atoms with E-state index in [1.165, 1.54) is 22.3 Å². The van der Waals surface area contributed by atoms with Crippen molar-refractivity contribution in [3.05, 3.63) is 102 Å². The van der Waals surface area contributed by atoms with Crippen molar-refractivity contribution in [3.63, 3.8) is 0 Å². The summed E-state index contributed by atoms with van der Waals surface area (Å²) in [5.41, 5.74) is 6.25. The first-order valence-corrected chi connectivity index (χ1v) is 7.96. The number of phenols is 1. The molecule has 0 aromatic heterocycles. The number of phenolic OH excluding ortho intramolecular Hbond substituents is 1. The second-order valence-corrected chi connectivity index (χ2v) is 5.94. The van der Waals surface area contributed by atoms with E-state index in [-0.39, 0.29) is 5.92 Å². The van der Waals surface area contributed by atoms with Crippen LogP contribution in [0.25, 0.3) is 11.1 Å². The van der Waals surface area contributed by atoms with E-state index in [1.807, 2.05) is 30.3 Å². The molecule has 0 radical (unpaired) electrons. The Morgan fingerprint density at radius 1 is 0.652 bits per heavy atom. The van der Waals surface area contributed by atoms with E-state index in [0.717, 1.165) is 12.0 Å². The molecule has 1 aliphatic carbocycles. The molecule has 0 heterocycles.